The molecule has 1 aromatic carbocycles. The Morgan fingerprint density at radius 3 is 3.00 bits per heavy atom. The minimum absolute atomic E-state index is 0.00403. The number of hydrogen-bond donors (Lipinski definition) is 1. The Morgan fingerprint density at radius 1 is 1.50 bits per heavy atom. The van der Waals surface area contributed by atoms with Gasteiger partial charge in [-0.05, 0) is 18.6 Å². The van der Waals surface area contributed by atoms with Gasteiger partial charge in [0.05, 0.1) is 19.3 Å². The summed E-state index contributed by atoms with van der Waals surface area (Å²) in [4.78, 5) is 0. The van der Waals surface area contributed by atoms with E-state index in [0.29, 0.717) is 18.8 Å². The van der Waals surface area contributed by atoms with Crippen molar-refractivity contribution < 1.29 is 9.13 Å². The average Bonchev–Trinajstić information content (AvgIpc) is 2.19. The van der Waals surface area contributed by atoms with Crippen LogP contribution in [0.4, 0.5) is 4.39 Å². The third kappa shape index (κ3) is 1.94. The van der Waals surface area contributed by atoms with Gasteiger partial charge < -0.3 is 10.1 Å². The summed E-state index contributed by atoms with van der Waals surface area (Å²) in [6.07, 6.45) is 0. The van der Waals surface area contributed by atoms with Gasteiger partial charge in [-0.25, -0.2) is 4.39 Å². The Balaban J connectivity index is 2.22. The van der Waals surface area contributed by atoms with E-state index in [9.17, 15) is 4.39 Å². The second-order valence-electron chi connectivity index (χ2n) is 3.61. The number of morpholine rings is 1. The predicted molar refractivity (Wildman–Crippen MR) is 52.7 cm³/mol. The van der Waals surface area contributed by atoms with Crippen molar-refractivity contribution in [1.29, 1.82) is 0 Å². The molecule has 1 saturated heterocycles. The lowest BCUT2D eigenvalue weighted by atomic mass is 10.0. The zero-order chi connectivity index (χ0) is 9.97. The number of ether oxygens (including phenoxy) is 1. The van der Waals surface area contributed by atoms with Crippen molar-refractivity contribution >= 4 is 0 Å². The Kier molecular flexibility index (Phi) is 2.79. The maximum atomic E-state index is 13.5. The van der Waals surface area contributed by atoms with Crippen molar-refractivity contribution in [3.8, 4) is 0 Å². The highest BCUT2D eigenvalue weighted by Gasteiger charge is 2.18. The zero-order valence-corrected chi connectivity index (χ0v) is 8.22. The molecule has 2 rings (SSSR count). The second-order valence-corrected chi connectivity index (χ2v) is 3.61. The van der Waals surface area contributed by atoms with Gasteiger partial charge in [0.2, 0.25) is 0 Å². The van der Waals surface area contributed by atoms with E-state index in [0.717, 1.165) is 12.1 Å². The molecule has 1 aliphatic rings. The van der Waals surface area contributed by atoms with Gasteiger partial charge in [-0.1, -0.05) is 12.1 Å². The fourth-order valence-corrected chi connectivity index (χ4v) is 1.68. The highest BCUT2D eigenvalue weighted by Crippen LogP contribution is 2.19. The molecule has 0 radical (unpaired) electrons. The minimum atomic E-state index is -0.145. The zero-order valence-electron chi connectivity index (χ0n) is 8.22. The van der Waals surface area contributed by atoms with Crippen LogP contribution in [-0.2, 0) is 4.74 Å². The SMILES string of the molecule is Cc1ccc([C@@H]2COCCN2)c(F)c1. The summed E-state index contributed by atoms with van der Waals surface area (Å²) in [5, 5.41) is 3.23. The van der Waals surface area contributed by atoms with Crippen molar-refractivity contribution in [3.63, 3.8) is 0 Å². The first-order chi connectivity index (χ1) is 6.77. The lowest BCUT2D eigenvalue weighted by Gasteiger charge is -2.24. The second kappa shape index (κ2) is 4.07. The largest absolute Gasteiger partial charge is 0.378 e. The molecular formula is C11H14FNO. The standard InChI is InChI=1S/C11H14FNO/c1-8-2-3-9(10(12)6-8)11-7-14-5-4-13-11/h2-3,6,11,13H,4-5,7H2,1H3/t11-/m0/s1. The number of aryl methyl sites for hydroxylation is 1. The Labute approximate surface area is 83.1 Å². The third-order valence-corrected chi connectivity index (χ3v) is 2.45. The van der Waals surface area contributed by atoms with E-state index in [-0.39, 0.29) is 11.9 Å². The van der Waals surface area contributed by atoms with Crippen molar-refractivity contribution in [1.82, 2.24) is 5.32 Å². The molecular weight excluding hydrogens is 181 g/mol. The molecule has 0 saturated carbocycles. The average molecular weight is 195 g/mol. The Bertz CT molecular complexity index is 321. The number of hydrogen-bond acceptors (Lipinski definition) is 2. The minimum Gasteiger partial charge on any atom is -0.378 e. The summed E-state index contributed by atoms with van der Waals surface area (Å²) >= 11 is 0. The van der Waals surface area contributed by atoms with Crippen LogP contribution in [0.2, 0.25) is 0 Å². The summed E-state index contributed by atoms with van der Waals surface area (Å²) in [6, 6.07) is 5.32. The number of nitrogens with one attached hydrogen (secondary N) is 1. The van der Waals surface area contributed by atoms with Crippen molar-refractivity contribution in [2.75, 3.05) is 19.8 Å². The molecule has 0 unspecified atom stereocenters. The van der Waals surface area contributed by atoms with Gasteiger partial charge in [-0.2, -0.15) is 0 Å². The van der Waals surface area contributed by atoms with Crippen LogP contribution in [0.1, 0.15) is 17.2 Å². The van der Waals surface area contributed by atoms with E-state index in [2.05, 4.69) is 5.32 Å². The fourth-order valence-electron chi connectivity index (χ4n) is 1.68. The molecule has 2 nitrogen and oxygen atoms in total. The van der Waals surface area contributed by atoms with Gasteiger partial charge in [0, 0.05) is 12.1 Å². The van der Waals surface area contributed by atoms with Crippen LogP contribution in [-0.4, -0.2) is 19.8 Å². The monoisotopic (exact) mass is 195 g/mol. The number of halogens is 1. The molecule has 1 N–H and O–H groups in total. The highest BCUT2D eigenvalue weighted by atomic mass is 19.1. The molecule has 0 amide bonds. The summed E-state index contributed by atoms with van der Waals surface area (Å²) in [6.45, 7) is 3.94. The van der Waals surface area contributed by atoms with E-state index in [4.69, 9.17) is 4.74 Å². The molecule has 1 heterocycles. The first-order valence-electron chi connectivity index (χ1n) is 4.84. The van der Waals surface area contributed by atoms with Gasteiger partial charge in [-0.3, -0.25) is 0 Å². The quantitative estimate of drug-likeness (QED) is 0.737. The normalized spacial score (nSPS) is 22.3. The van der Waals surface area contributed by atoms with E-state index in [1.807, 2.05) is 19.1 Å². The lowest BCUT2D eigenvalue weighted by Crippen LogP contribution is -2.35. The van der Waals surface area contributed by atoms with E-state index < -0.39 is 0 Å². The van der Waals surface area contributed by atoms with Crippen molar-refractivity contribution in [2.45, 2.75) is 13.0 Å². The van der Waals surface area contributed by atoms with Crippen LogP contribution in [0.15, 0.2) is 18.2 Å². The van der Waals surface area contributed by atoms with Crippen molar-refractivity contribution in [3.05, 3.63) is 35.1 Å². The molecule has 14 heavy (non-hydrogen) atoms. The smallest absolute Gasteiger partial charge is 0.128 e. The van der Waals surface area contributed by atoms with Crippen LogP contribution < -0.4 is 5.32 Å². The topological polar surface area (TPSA) is 21.3 Å². The summed E-state index contributed by atoms with van der Waals surface area (Å²) in [7, 11) is 0. The molecule has 1 fully saturated rings. The van der Waals surface area contributed by atoms with E-state index in [1.165, 1.54) is 0 Å². The molecule has 3 heteroatoms. The van der Waals surface area contributed by atoms with Crippen molar-refractivity contribution in [2.24, 2.45) is 0 Å². The molecule has 0 aliphatic carbocycles. The van der Waals surface area contributed by atoms with Gasteiger partial charge in [0.25, 0.3) is 0 Å². The summed E-state index contributed by atoms with van der Waals surface area (Å²) < 4.78 is 18.8. The maximum Gasteiger partial charge on any atom is 0.128 e. The fraction of sp³-hybridized carbons (Fsp3) is 0.455. The van der Waals surface area contributed by atoms with Crippen LogP contribution in [0.5, 0.6) is 0 Å². The maximum absolute atomic E-state index is 13.5. The number of rotatable bonds is 1. The van der Waals surface area contributed by atoms with Crippen LogP contribution in [0.25, 0.3) is 0 Å². The Morgan fingerprint density at radius 2 is 2.36 bits per heavy atom. The molecule has 0 bridgehead atoms. The molecule has 0 aromatic heterocycles. The molecule has 0 spiro atoms. The van der Waals surface area contributed by atoms with Gasteiger partial charge in [0.1, 0.15) is 5.82 Å². The molecule has 1 atom stereocenters. The first kappa shape index (κ1) is 9.62. The first-order valence-corrected chi connectivity index (χ1v) is 4.84. The lowest BCUT2D eigenvalue weighted by molar-refractivity contribution is 0.0757. The summed E-state index contributed by atoms with van der Waals surface area (Å²) in [5.74, 6) is -0.145. The highest BCUT2D eigenvalue weighted by molar-refractivity contribution is 5.26. The van der Waals surface area contributed by atoms with Gasteiger partial charge in [-0.15, -0.1) is 0 Å². The van der Waals surface area contributed by atoms with Gasteiger partial charge >= 0.3 is 0 Å². The Hall–Kier alpha value is -0.930. The number of benzene rings is 1. The van der Waals surface area contributed by atoms with Crippen LogP contribution >= 0.6 is 0 Å². The molecule has 76 valence electrons. The van der Waals surface area contributed by atoms with Crippen LogP contribution in [0.3, 0.4) is 0 Å². The van der Waals surface area contributed by atoms with Gasteiger partial charge in [0.15, 0.2) is 0 Å². The van der Waals surface area contributed by atoms with E-state index in [1.54, 1.807) is 6.07 Å². The summed E-state index contributed by atoms with van der Waals surface area (Å²) in [5.41, 5.74) is 1.65. The molecule has 1 aromatic rings. The third-order valence-electron chi connectivity index (χ3n) is 2.45. The predicted octanol–water partition coefficient (Wildman–Crippen LogP) is 1.80. The van der Waals surface area contributed by atoms with E-state index >= 15 is 0 Å². The molecule has 1 aliphatic heterocycles. The van der Waals surface area contributed by atoms with Crippen LogP contribution in [0, 0.1) is 12.7 Å².